The van der Waals surface area contributed by atoms with E-state index in [0.29, 0.717) is 22.9 Å². The maximum atomic E-state index is 11.3. The van der Waals surface area contributed by atoms with Crippen molar-refractivity contribution in [2.75, 3.05) is 27.6 Å². The van der Waals surface area contributed by atoms with Gasteiger partial charge in [-0.25, -0.2) is 5.10 Å². The van der Waals surface area contributed by atoms with Crippen molar-refractivity contribution in [3.63, 3.8) is 0 Å². The lowest BCUT2D eigenvalue weighted by Crippen LogP contribution is -2.08. The molecule has 0 amide bonds. The second kappa shape index (κ2) is 7.92. The monoisotopic (exact) mass is 348 g/mol. The van der Waals surface area contributed by atoms with Crippen molar-refractivity contribution in [2.24, 2.45) is 0 Å². The molecule has 0 aliphatic heterocycles. The molecule has 1 aromatic heterocycles. The van der Waals surface area contributed by atoms with Gasteiger partial charge in [-0.05, 0) is 37.0 Å². The Morgan fingerprint density at radius 3 is 2.33 bits per heavy atom. The fraction of sp³-hybridized carbons (Fsp3) is 0.294. The van der Waals surface area contributed by atoms with Gasteiger partial charge in [0.15, 0.2) is 11.5 Å². The molecule has 0 fully saturated rings. The van der Waals surface area contributed by atoms with Crippen LogP contribution in [0.3, 0.4) is 0 Å². The van der Waals surface area contributed by atoms with Crippen LogP contribution in [-0.2, 0) is 0 Å². The number of aromatic nitrogens is 2. The van der Waals surface area contributed by atoms with E-state index in [1.54, 1.807) is 27.4 Å². The number of nitrogens with zero attached hydrogens (tertiary/aromatic N) is 1. The smallest absolute Gasteiger partial charge is 0.264 e. The predicted molar refractivity (Wildman–Crippen MR) is 96.4 cm³/mol. The Bertz CT molecular complexity index is 815. The number of ether oxygens (including phenoxy) is 3. The molecule has 0 unspecified atom stereocenters. The van der Waals surface area contributed by atoms with Crippen LogP contribution in [0.5, 0.6) is 17.2 Å². The summed E-state index contributed by atoms with van der Waals surface area (Å²) in [5, 5.41) is 6.46. The highest BCUT2D eigenvalue weighted by molar-refractivity contribution is 7.98. The van der Waals surface area contributed by atoms with Crippen LogP contribution in [0.2, 0.25) is 0 Å². The number of aromatic amines is 1. The molecule has 0 atom stereocenters. The molecule has 1 aromatic carbocycles. The Balaban J connectivity index is 2.56. The summed E-state index contributed by atoms with van der Waals surface area (Å²) in [6.07, 6.45) is 5.60. The van der Waals surface area contributed by atoms with E-state index < -0.39 is 0 Å². The molecule has 1 heterocycles. The number of H-pyrrole nitrogens is 1. The summed E-state index contributed by atoms with van der Waals surface area (Å²) in [4.78, 5) is 12.1. The van der Waals surface area contributed by atoms with Crippen molar-refractivity contribution < 1.29 is 14.2 Å². The van der Waals surface area contributed by atoms with Crippen molar-refractivity contribution >= 4 is 23.9 Å². The minimum Gasteiger partial charge on any atom is -0.495 e. The second-order valence-corrected chi connectivity index (χ2v) is 5.72. The summed E-state index contributed by atoms with van der Waals surface area (Å²) in [6.45, 7) is 1.83. The van der Waals surface area contributed by atoms with Crippen molar-refractivity contribution in [2.45, 2.75) is 11.8 Å². The highest BCUT2D eigenvalue weighted by Crippen LogP contribution is 2.46. The van der Waals surface area contributed by atoms with Gasteiger partial charge in [0.1, 0.15) is 5.75 Å². The molecule has 0 spiro atoms. The van der Waals surface area contributed by atoms with Gasteiger partial charge in [-0.15, -0.1) is 11.8 Å². The lowest BCUT2D eigenvalue weighted by atomic mass is 10.1. The Morgan fingerprint density at radius 2 is 1.79 bits per heavy atom. The molecule has 0 saturated carbocycles. The van der Waals surface area contributed by atoms with E-state index in [2.05, 4.69) is 10.2 Å². The van der Waals surface area contributed by atoms with Gasteiger partial charge in [-0.1, -0.05) is 0 Å². The van der Waals surface area contributed by atoms with Gasteiger partial charge >= 0.3 is 0 Å². The first-order valence-electron chi connectivity index (χ1n) is 7.17. The Morgan fingerprint density at radius 1 is 1.08 bits per heavy atom. The molecule has 7 heteroatoms. The normalized spacial score (nSPS) is 10.9. The van der Waals surface area contributed by atoms with Crippen LogP contribution in [0.15, 0.2) is 21.8 Å². The second-order valence-electron chi connectivity index (χ2n) is 4.90. The van der Waals surface area contributed by atoms with Crippen LogP contribution < -0.4 is 19.8 Å². The number of aryl methyl sites for hydroxylation is 1. The Kier molecular flexibility index (Phi) is 5.92. The highest BCUT2D eigenvalue weighted by Gasteiger charge is 2.19. The van der Waals surface area contributed by atoms with Gasteiger partial charge in [0, 0.05) is 11.6 Å². The first kappa shape index (κ1) is 17.9. The van der Waals surface area contributed by atoms with Crippen molar-refractivity contribution in [1.82, 2.24) is 10.2 Å². The highest BCUT2D eigenvalue weighted by atomic mass is 32.2. The summed E-state index contributed by atoms with van der Waals surface area (Å²) in [6, 6.07) is 3.38. The van der Waals surface area contributed by atoms with E-state index in [0.717, 1.165) is 16.0 Å². The largest absolute Gasteiger partial charge is 0.495 e. The van der Waals surface area contributed by atoms with E-state index in [1.807, 2.05) is 25.3 Å². The molecule has 1 N–H and O–H groups in total. The third-order valence-corrected chi connectivity index (χ3v) is 4.27. The molecule has 2 aromatic rings. The minimum absolute atomic E-state index is 0.227. The molecule has 0 radical (unpaired) electrons. The van der Waals surface area contributed by atoms with Gasteiger partial charge in [0.2, 0.25) is 0 Å². The number of hydrogen-bond acceptors (Lipinski definition) is 6. The average Bonchev–Trinajstić information content (AvgIpc) is 2.59. The number of rotatable bonds is 6. The van der Waals surface area contributed by atoms with Crippen LogP contribution in [0.4, 0.5) is 0 Å². The fourth-order valence-electron chi connectivity index (χ4n) is 2.33. The molecule has 0 aliphatic rings. The van der Waals surface area contributed by atoms with Gasteiger partial charge in [0.25, 0.3) is 5.56 Å². The van der Waals surface area contributed by atoms with E-state index in [-0.39, 0.29) is 5.56 Å². The summed E-state index contributed by atoms with van der Waals surface area (Å²) in [7, 11) is 4.80. The molecule has 2 rings (SSSR count). The van der Waals surface area contributed by atoms with Gasteiger partial charge in [-0.2, -0.15) is 5.10 Å². The number of thioether (sulfide) groups is 1. The lowest BCUT2D eigenvalue weighted by Gasteiger charge is -2.17. The quantitative estimate of drug-likeness (QED) is 0.809. The predicted octanol–water partition coefficient (Wildman–Crippen LogP) is 3.00. The summed E-state index contributed by atoms with van der Waals surface area (Å²) >= 11 is 1.52. The number of benzene rings is 1. The van der Waals surface area contributed by atoms with Crippen LogP contribution in [0.25, 0.3) is 12.2 Å². The SMILES string of the molecule is COc1cc(/C=C/c2n[nH]c(=O)cc2C)c(OC)c(OC)c1SC. The van der Waals surface area contributed by atoms with Gasteiger partial charge in [-0.3, -0.25) is 4.79 Å². The average molecular weight is 348 g/mol. The maximum absolute atomic E-state index is 11.3. The zero-order chi connectivity index (χ0) is 17.7. The summed E-state index contributed by atoms with van der Waals surface area (Å²) in [5.74, 6) is 1.93. The third kappa shape index (κ3) is 3.56. The van der Waals surface area contributed by atoms with E-state index in [1.165, 1.54) is 17.8 Å². The van der Waals surface area contributed by atoms with Crippen molar-refractivity contribution in [3.8, 4) is 17.2 Å². The Labute approximate surface area is 144 Å². The van der Waals surface area contributed by atoms with E-state index >= 15 is 0 Å². The number of nitrogens with one attached hydrogen (secondary N) is 1. The molecule has 6 nitrogen and oxygen atoms in total. The molecule has 0 aliphatic carbocycles. The zero-order valence-corrected chi connectivity index (χ0v) is 15.1. The molecular formula is C17H20N2O4S. The minimum atomic E-state index is -0.227. The van der Waals surface area contributed by atoms with Crippen molar-refractivity contribution in [3.05, 3.63) is 39.3 Å². The molecule has 128 valence electrons. The standard InChI is InChI=1S/C17H20N2O4S/c1-10-8-14(20)19-18-12(10)7-6-11-9-13(21-2)17(24-5)16(23-4)15(11)22-3/h6-9H,1-5H3,(H,19,20)/b7-6+. The molecule has 24 heavy (non-hydrogen) atoms. The lowest BCUT2D eigenvalue weighted by molar-refractivity contribution is 0.337. The van der Waals surface area contributed by atoms with Crippen LogP contribution >= 0.6 is 11.8 Å². The Hall–Kier alpha value is -2.41. The van der Waals surface area contributed by atoms with Crippen LogP contribution in [-0.4, -0.2) is 37.8 Å². The number of hydrogen-bond donors (Lipinski definition) is 1. The van der Waals surface area contributed by atoms with Gasteiger partial charge < -0.3 is 14.2 Å². The first-order chi connectivity index (χ1) is 11.5. The van der Waals surface area contributed by atoms with Gasteiger partial charge in [0.05, 0.1) is 31.9 Å². The fourth-order valence-corrected chi connectivity index (χ4v) is 3.03. The van der Waals surface area contributed by atoms with Crippen LogP contribution in [0.1, 0.15) is 16.8 Å². The van der Waals surface area contributed by atoms with Crippen molar-refractivity contribution in [1.29, 1.82) is 0 Å². The molecule has 0 saturated heterocycles. The molecular weight excluding hydrogens is 328 g/mol. The maximum Gasteiger partial charge on any atom is 0.264 e. The number of methoxy groups -OCH3 is 3. The van der Waals surface area contributed by atoms with E-state index in [9.17, 15) is 4.79 Å². The third-order valence-electron chi connectivity index (χ3n) is 3.48. The first-order valence-corrected chi connectivity index (χ1v) is 8.39. The summed E-state index contributed by atoms with van der Waals surface area (Å²) < 4.78 is 16.5. The van der Waals surface area contributed by atoms with Crippen LogP contribution in [0, 0.1) is 6.92 Å². The molecule has 0 bridgehead atoms. The zero-order valence-electron chi connectivity index (χ0n) is 14.3. The summed E-state index contributed by atoms with van der Waals surface area (Å²) in [5.41, 5.74) is 2.02. The van der Waals surface area contributed by atoms with E-state index in [4.69, 9.17) is 14.2 Å². The topological polar surface area (TPSA) is 73.4 Å².